The lowest BCUT2D eigenvalue weighted by molar-refractivity contribution is -0.137. The van der Waals surface area contributed by atoms with Crippen LogP contribution in [-0.4, -0.2) is 23.7 Å². The Morgan fingerprint density at radius 2 is 2.10 bits per heavy atom. The van der Waals surface area contributed by atoms with E-state index in [0.717, 1.165) is 0 Å². The van der Waals surface area contributed by atoms with E-state index < -0.39 is 5.97 Å². The summed E-state index contributed by atoms with van der Waals surface area (Å²) >= 11 is 0. The highest BCUT2D eigenvalue weighted by Gasteiger charge is 2.03. The van der Waals surface area contributed by atoms with Crippen LogP contribution in [0.5, 0.6) is 0 Å². The molecule has 0 aliphatic carbocycles. The fourth-order valence-corrected chi connectivity index (χ4v) is 0.667. The lowest BCUT2D eigenvalue weighted by Crippen LogP contribution is -2.24. The molecule has 0 aromatic heterocycles. The van der Waals surface area contributed by atoms with Gasteiger partial charge in [-0.25, -0.2) is 0 Å². The molecular weight excluding hydrogens is 132 g/mol. The van der Waals surface area contributed by atoms with Crippen molar-refractivity contribution >= 4 is 5.97 Å². The van der Waals surface area contributed by atoms with Gasteiger partial charge in [0.15, 0.2) is 0 Å². The molecule has 0 unspecified atom stereocenters. The van der Waals surface area contributed by atoms with Gasteiger partial charge in [0.1, 0.15) is 0 Å². The van der Waals surface area contributed by atoms with Crippen molar-refractivity contribution in [3.05, 3.63) is 0 Å². The molecule has 0 saturated heterocycles. The number of carboxylic acid groups (broad SMARTS) is 1. The first-order valence-corrected chi connectivity index (χ1v) is 3.34. The molecule has 10 heavy (non-hydrogen) atoms. The predicted octanol–water partition coefficient (Wildman–Crippen LogP) is -0.473. The number of carboxylic acids is 1. The number of hydrogen-bond acceptors (Lipinski definition) is 3. The third kappa shape index (κ3) is 5.53. The molecule has 0 aliphatic heterocycles. The van der Waals surface area contributed by atoms with Crippen LogP contribution < -0.4 is 11.5 Å². The van der Waals surface area contributed by atoms with Gasteiger partial charge in [-0.1, -0.05) is 0 Å². The fourth-order valence-electron chi connectivity index (χ4n) is 0.667. The van der Waals surface area contributed by atoms with E-state index in [0.29, 0.717) is 19.4 Å². The first-order chi connectivity index (χ1) is 4.66. The molecule has 4 nitrogen and oxygen atoms in total. The third-order valence-electron chi connectivity index (χ3n) is 1.27. The Hall–Kier alpha value is -0.610. The highest BCUT2D eigenvalue weighted by atomic mass is 16.4. The molecule has 0 heterocycles. The van der Waals surface area contributed by atoms with E-state index in [1.807, 2.05) is 0 Å². The maximum absolute atomic E-state index is 10.0. The van der Waals surface area contributed by atoms with Gasteiger partial charge in [0.2, 0.25) is 0 Å². The van der Waals surface area contributed by atoms with Gasteiger partial charge < -0.3 is 16.6 Å². The van der Waals surface area contributed by atoms with Gasteiger partial charge in [-0.2, -0.15) is 0 Å². The Balaban J connectivity index is 3.21. The molecular formula is C6H14N2O2. The van der Waals surface area contributed by atoms with Crippen LogP contribution in [0.2, 0.25) is 0 Å². The minimum absolute atomic E-state index is 0.0545. The summed E-state index contributed by atoms with van der Waals surface area (Å²) in [6.07, 6.45) is 1.36. The quantitative estimate of drug-likeness (QED) is 0.489. The molecule has 60 valence electrons. The van der Waals surface area contributed by atoms with Gasteiger partial charge in [-0.05, 0) is 19.4 Å². The smallest absolute Gasteiger partial charge is 0.303 e. The van der Waals surface area contributed by atoms with Gasteiger partial charge in [0.05, 0.1) is 0 Å². The van der Waals surface area contributed by atoms with Gasteiger partial charge in [-0.3, -0.25) is 4.79 Å². The summed E-state index contributed by atoms with van der Waals surface area (Å²) < 4.78 is 0. The van der Waals surface area contributed by atoms with Crippen molar-refractivity contribution in [3.63, 3.8) is 0 Å². The molecule has 0 aromatic rings. The van der Waals surface area contributed by atoms with Gasteiger partial charge in [0.25, 0.3) is 0 Å². The van der Waals surface area contributed by atoms with Crippen molar-refractivity contribution in [2.45, 2.75) is 25.3 Å². The molecule has 0 spiro atoms. The molecule has 0 rings (SSSR count). The van der Waals surface area contributed by atoms with Crippen LogP contribution in [-0.2, 0) is 4.79 Å². The zero-order valence-corrected chi connectivity index (χ0v) is 5.92. The van der Waals surface area contributed by atoms with Crippen LogP contribution in [0.4, 0.5) is 0 Å². The van der Waals surface area contributed by atoms with Crippen LogP contribution >= 0.6 is 0 Å². The summed E-state index contributed by atoms with van der Waals surface area (Å²) in [5.74, 6) is -0.799. The van der Waals surface area contributed by atoms with Crippen molar-refractivity contribution in [1.82, 2.24) is 0 Å². The molecule has 0 aromatic carbocycles. The monoisotopic (exact) mass is 146 g/mol. The van der Waals surface area contributed by atoms with E-state index in [1.54, 1.807) is 0 Å². The lowest BCUT2D eigenvalue weighted by atomic mass is 10.1. The van der Waals surface area contributed by atoms with E-state index in [-0.39, 0.29) is 12.5 Å². The summed E-state index contributed by atoms with van der Waals surface area (Å²) in [5, 5.41) is 8.24. The van der Waals surface area contributed by atoms with Crippen LogP contribution in [0.15, 0.2) is 0 Å². The minimum Gasteiger partial charge on any atom is -0.481 e. The number of hydrogen-bond donors (Lipinski definition) is 3. The van der Waals surface area contributed by atoms with E-state index >= 15 is 0 Å². The first kappa shape index (κ1) is 9.39. The van der Waals surface area contributed by atoms with E-state index in [4.69, 9.17) is 16.6 Å². The Labute approximate surface area is 60.2 Å². The second kappa shape index (κ2) is 5.20. The second-order valence-electron chi connectivity index (χ2n) is 2.27. The van der Waals surface area contributed by atoms with Crippen molar-refractivity contribution in [3.8, 4) is 0 Å². The fraction of sp³-hybridized carbons (Fsp3) is 0.833. The van der Waals surface area contributed by atoms with Crippen LogP contribution in [0.3, 0.4) is 0 Å². The van der Waals surface area contributed by atoms with Crippen LogP contribution in [0.25, 0.3) is 0 Å². The molecule has 1 atom stereocenters. The average Bonchev–Trinajstić information content (AvgIpc) is 1.85. The lowest BCUT2D eigenvalue weighted by Gasteiger charge is -2.06. The summed E-state index contributed by atoms with van der Waals surface area (Å²) in [6, 6.07) is -0.0545. The largest absolute Gasteiger partial charge is 0.481 e. The van der Waals surface area contributed by atoms with Crippen molar-refractivity contribution in [1.29, 1.82) is 0 Å². The van der Waals surface area contributed by atoms with Crippen molar-refractivity contribution in [2.24, 2.45) is 11.5 Å². The third-order valence-corrected chi connectivity index (χ3v) is 1.27. The number of carbonyl (C=O) groups is 1. The van der Waals surface area contributed by atoms with Crippen molar-refractivity contribution < 1.29 is 9.90 Å². The minimum atomic E-state index is -0.799. The normalized spacial score (nSPS) is 13.0. The summed E-state index contributed by atoms with van der Waals surface area (Å²) in [6.45, 7) is 0.529. The topological polar surface area (TPSA) is 89.3 Å². The van der Waals surface area contributed by atoms with Crippen LogP contribution in [0, 0.1) is 0 Å². The van der Waals surface area contributed by atoms with E-state index in [9.17, 15) is 4.79 Å². The maximum atomic E-state index is 10.0. The maximum Gasteiger partial charge on any atom is 0.303 e. The average molecular weight is 146 g/mol. The Morgan fingerprint density at radius 3 is 2.50 bits per heavy atom. The summed E-state index contributed by atoms with van der Waals surface area (Å²) in [7, 11) is 0. The number of aliphatic carboxylic acids is 1. The van der Waals surface area contributed by atoms with Gasteiger partial charge >= 0.3 is 5.97 Å². The van der Waals surface area contributed by atoms with E-state index in [2.05, 4.69) is 0 Å². The molecule has 0 fully saturated rings. The molecule has 0 saturated carbocycles. The zero-order valence-electron chi connectivity index (χ0n) is 5.92. The van der Waals surface area contributed by atoms with Crippen LogP contribution in [0.1, 0.15) is 19.3 Å². The van der Waals surface area contributed by atoms with E-state index in [1.165, 1.54) is 0 Å². The van der Waals surface area contributed by atoms with Gasteiger partial charge in [0, 0.05) is 12.5 Å². The Morgan fingerprint density at radius 1 is 1.50 bits per heavy atom. The predicted molar refractivity (Wildman–Crippen MR) is 38.5 cm³/mol. The molecule has 0 bridgehead atoms. The molecule has 0 amide bonds. The number of nitrogens with two attached hydrogens (primary N) is 2. The Kier molecular flexibility index (Phi) is 4.88. The number of rotatable bonds is 5. The highest BCUT2D eigenvalue weighted by Crippen LogP contribution is 1.96. The molecule has 5 N–H and O–H groups in total. The van der Waals surface area contributed by atoms with Gasteiger partial charge in [-0.15, -0.1) is 0 Å². The highest BCUT2D eigenvalue weighted by molar-refractivity contribution is 5.66. The first-order valence-electron chi connectivity index (χ1n) is 3.34. The van der Waals surface area contributed by atoms with Crippen molar-refractivity contribution in [2.75, 3.05) is 6.54 Å². The molecule has 0 radical (unpaired) electrons. The zero-order chi connectivity index (χ0) is 7.98. The SMILES string of the molecule is NCC[C@@H](N)CCC(=O)O. The summed E-state index contributed by atoms with van der Waals surface area (Å²) in [5.41, 5.74) is 10.7. The standard InChI is InChI=1S/C6H14N2O2/c7-4-3-5(8)1-2-6(9)10/h5H,1-4,7-8H2,(H,9,10)/t5-/m0/s1. The second-order valence-corrected chi connectivity index (χ2v) is 2.27. The molecule has 0 aliphatic rings. The Bertz CT molecular complexity index is 106. The molecule has 4 heteroatoms. The summed E-state index contributed by atoms with van der Waals surface area (Å²) in [4.78, 5) is 10.0.